The first kappa shape index (κ1) is 14.6. The molecule has 1 atom stereocenters. The molecule has 0 aromatic heterocycles. The van der Waals surface area contributed by atoms with Gasteiger partial charge < -0.3 is 10.4 Å². The van der Waals surface area contributed by atoms with Crippen LogP contribution in [0, 0.1) is 11.8 Å². The smallest absolute Gasteiger partial charge is 0.308 e. The van der Waals surface area contributed by atoms with Crippen LogP contribution in [-0.2, 0) is 17.6 Å². The largest absolute Gasteiger partial charge is 0.481 e. The van der Waals surface area contributed by atoms with Crippen LogP contribution < -0.4 is 5.32 Å². The molecule has 0 spiro atoms. The zero-order chi connectivity index (χ0) is 14.7. The molecule has 20 heavy (non-hydrogen) atoms. The second-order valence-electron chi connectivity index (χ2n) is 5.74. The molecule has 1 aromatic rings. The molecule has 0 aliphatic heterocycles. The van der Waals surface area contributed by atoms with E-state index in [4.69, 9.17) is 5.11 Å². The number of fused-ring (bicyclic) bond motifs is 1. The van der Waals surface area contributed by atoms with E-state index in [0.717, 1.165) is 19.3 Å². The van der Waals surface area contributed by atoms with E-state index < -0.39 is 11.9 Å². The number of hydrogen-bond donors (Lipinski definition) is 2. The number of nitrogens with one attached hydrogen (secondary N) is 1. The maximum absolute atomic E-state index is 12.1. The molecule has 0 radical (unpaired) electrons. The molecule has 2 N–H and O–H groups in total. The van der Waals surface area contributed by atoms with Crippen LogP contribution in [0.15, 0.2) is 18.2 Å². The first-order valence-corrected chi connectivity index (χ1v) is 7.12. The first-order valence-electron chi connectivity index (χ1n) is 7.12. The fourth-order valence-corrected chi connectivity index (χ4v) is 2.63. The Labute approximate surface area is 119 Å². The molecular weight excluding hydrogens is 254 g/mol. The minimum Gasteiger partial charge on any atom is -0.481 e. The molecule has 108 valence electrons. The van der Waals surface area contributed by atoms with Crippen LogP contribution in [0.25, 0.3) is 0 Å². The van der Waals surface area contributed by atoms with Crippen LogP contribution in [0.5, 0.6) is 0 Å². The number of hydrogen-bond acceptors (Lipinski definition) is 2. The predicted molar refractivity (Wildman–Crippen MR) is 76.8 cm³/mol. The molecule has 1 unspecified atom stereocenters. The van der Waals surface area contributed by atoms with Gasteiger partial charge in [0.15, 0.2) is 0 Å². The molecule has 1 aliphatic rings. The number of carbonyl (C=O) groups excluding carboxylic acids is 1. The lowest BCUT2D eigenvalue weighted by Gasteiger charge is -2.16. The van der Waals surface area contributed by atoms with Gasteiger partial charge in [0.25, 0.3) is 5.91 Å². The normalized spacial score (nSPS) is 14.9. The summed E-state index contributed by atoms with van der Waals surface area (Å²) < 4.78 is 0. The highest BCUT2D eigenvalue weighted by atomic mass is 16.4. The monoisotopic (exact) mass is 275 g/mol. The molecule has 0 saturated carbocycles. The average Bonchev–Trinajstić information content (AvgIpc) is 2.84. The highest BCUT2D eigenvalue weighted by molar-refractivity contribution is 5.94. The molecule has 1 aliphatic carbocycles. The number of aliphatic carboxylic acids is 1. The van der Waals surface area contributed by atoms with Crippen LogP contribution in [-0.4, -0.2) is 23.5 Å². The molecule has 4 heteroatoms. The molecule has 0 bridgehead atoms. The van der Waals surface area contributed by atoms with E-state index in [1.807, 2.05) is 32.0 Å². The van der Waals surface area contributed by atoms with Gasteiger partial charge in [-0.3, -0.25) is 9.59 Å². The van der Waals surface area contributed by atoms with Crippen molar-refractivity contribution in [2.75, 3.05) is 6.54 Å². The Balaban J connectivity index is 2.00. The van der Waals surface area contributed by atoms with Crippen molar-refractivity contribution in [1.29, 1.82) is 0 Å². The number of amides is 1. The van der Waals surface area contributed by atoms with Crippen molar-refractivity contribution in [2.24, 2.45) is 11.8 Å². The van der Waals surface area contributed by atoms with Crippen LogP contribution in [0.1, 0.15) is 41.8 Å². The third kappa shape index (κ3) is 3.18. The van der Waals surface area contributed by atoms with E-state index in [1.165, 1.54) is 11.1 Å². The molecule has 0 fully saturated rings. The highest BCUT2D eigenvalue weighted by Gasteiger charge is 2.22. The van der Waals surface area contributed by atoms with Crippen molar-refractivity contribution in [3.05, 3.63) is 34.9 Å². The number of carboxylic acid groups (broad SMARTS) is 1. The van der Waals surface area contributed by atoms with Gasteiger partial charge in [-0.1, -0.05) is 19.9 Å². The third-order valence-corrected chi connectivity index (χ3v) is 3.97. The van der Waals surface area contributed by atoms with Crippen molar-refractivity contribution in [1.82, 2.24) is 5.32 Å². The van der Waals surface area contributed by atoms with Gasteiger partial charge in [0.2, 0.25) is 0 Å². The van der Waals surface area contributed by atoms with Crippen LogP contribution >= 0.6 is 0 Å². The lowest BCUT2D eigenvalue weighted by Crippen LogP contribution is -2.35. The van der Waals surface area contributed by atoms with Crippen molar-refractivity contribution in [3.8, 4) is 0 Å². The Morgan fingerprint density at radius 1 is 1.25 bits per heavy atom. The standard InChI is InChI=1S/C16H21NO3/c1-10(2)14(16(19)20)9-17-15(18)13-7-6-11-4-3-5-12(11)8-13/h6-8,10,14H,3-5,9H2,1-2H3,(H,17,18)(H,19,20). The number of rotatable bonds is 5. The van der Waals surface area contributed by atoms with Crippen molar-refractivity contribution in [2.45, 2.75) is 33.1 Å². The molecule has 4 nitrogen and oxygen atoms in total. The van der Waals surface area contributed by atoms with Gasteiger partial charge in [-0.15, -0.1) is 0 Å². The summed E-state index contributed by atoms with van der Waals surface area (Å²) in [5, 5.41) is 11.8. The molecule has 2 rings (SSSR count). The van der Waals surface area contributed by atoms with Crippen molar-refractivity contribution >= 4 is 11.9 Å². The Kier molecular flexibility index (Phi) is 4.42. The lowest BCUT2D eigenvalue weighted by atomic mass is 9.96. The fraction of sp³-hybridized carbons (Fsp3) is 0.500. The second kappa shape index (κ2) is 6.07. The molecule has 1 amide bonds. The summed E-state index contributed by atoms with van der Waals surface area (Å²) in [6.45, 7) is 3.86. The van der Waals surface area contributed by atoms with E-state index in [1.54, 1.807) is 0 Å². The van der Waals surface area contributed by atoms with Crippen LogP contribution in [0.4, 0.5) is 0 Å². The Hall–Kier alpha value is -1.84. The third-order valence-electron chi connectivity index (χ3n) is 3.97. The molecule has 0 saturated heterocycles. The summed E-state index contributed by atoms with van der Waals surface area (Å²) in [7, 11) is 0. The molecular formula is C16H21NO3. The van der Waals surface area contributed by atoms with E-state index in [0.29, 0.717) is 5.56 Å². The Morgan fingerprint density at radius 2 is 1.95 bits per heavy atom. The topological polar surface area (TPSA) is 66.4 Å². The maximum Gasteiger partial charge on any atom is 0.308 e. The van der Waals surface area contributed by atoms with Gasteiger partial charge in [0, 0.05) is 12.1 Å². The van der Waals surface area contributed by atoms with E-state index >= 15 is 0 Å². The average molecular weight is 275 g/mol. The fourth-order valence-electron chi connectivity index (χ4n) is 2.63. The number of carboxylic acids is 1. The predicted octanol–water partition coefficient (Wildman–Crippen LogP) is 2.26. The van der Waals surface area contributed by atoms with Crippen molar-refractivity contribution < 1.29 is 14.7 Å². The highest BCUT2D eigenvalue weighted by Crippen LogP contribution is 2.22. The van der Waals surface area contributed by atoms with E-state index in [2.05, 4.69) is 5.32 Å². The molecule has 0 heterocycles. The second-order valence-corrected chi connectivity index (χ2v) is 5.74. The van der Waals surface area contributed by atoms with Gasteiger partial charge in [-0.05, 0) is 48.4 Å². The summed E-state index contributed by atoms with van der Waals surface area (Å²) in [4.78, 5) is 23.2. The summed E-state index contributed by atoms with van der Waals surface area (Å²) in [5.74, 6) is -1.61. The Bertz CT molecular complexity index is 522. The van der Waals surface area contributed by atoms with Gasteiger partial charge >= 0.3 is 5.97 Å². The van der Waals surface area contributed by atoms with Crippen LogP contribution in [0.3, 0.4) is 0 Å². The summed E-state index contributed by atoms with van der Waals surface area (Å²) in [5.41, 5.74) is 3.20. The molecule has 1 aromatic carbocycles. The van der Waals surface area contributed by atoms with Gasteiger partial charge in [0.1, 0.15) is 0 Å². The Morgan fingerprint density at radius 3 is 2.60 bits per heavy atom. The van der Waals surface area contributed by atoms with Gasteiger partial charge in [0.05, 0.1) is 5.92 Å². The number of aryl methyl sites for hydroxylation is 2. The van der Waals surface area contributed by atoms with E-state index in [9.17, 15) is 9.59 Å². The number of benzene rings is 1. The maximum atomic E-state index is 12.1. The van der Waals surface area contributed by atoms with Gasteiger partial charge in [-0.25, -0.2) is 0 Å². The lowest BCUT2D eigenvalue weighted by molar-refractivity contribution is -0.142. The minimum atomic E-state index is -0.866. The van der Waals surface area contributed by atoms with Crippen LogP contribution in [0.2, 0.25) is 0 Å². The zero-order valence-electron chi connectivity index (χ0n) is 12.0. The van der Waals surface area contributed by atoms with Gasteiger partial charge in [-0.2, -0.15) is 0 Å². The summed E-state index contributed by atoms with van der Waals surface area (Å²) in [6.07, 6.45) is 3.26. The quantitative estimate of drug-likeness (QED) is 0.866. The minimum absolute atomic E-state index is 0.00665. The van der Waals surface area contributed by atoms with E-state index in [-0.39, 0.29) is 18.4 Å². The van der Waals surface area contributed by atoms with Crippen molar-refractivity contribution in [3.63, 3.8) is 0 Å². The SMILES string of the molecule is CC(C)C(CNC(=O)c1ccc2c(c1)CCC2)C(=O)O. The zero-order valence-corrected chi connectivity index (χ0v) is 12.0. The summed E-state index contributed by atoms with van der Waals surface area (Å²) in [6, 6.07) is 5.77. The number of carbonyl (C=O) groups is 2. The first-order chi connectivity index (χ1) is 9.49. The summed E-state index contributed by atoms with van der Waals surface area (Å²) >= 11 is 0.